The Morgan fingerprint density at radius 2 is 1.83 bits per heavy atom. The van der Waals surface area contributed by atoms with Crippen LogP contribution in [0.5, 0.6) is 5.75 Å². The first kappa shape index (κ1) is 17.4. The second kappa shape index (κ2) is 8.63. The first-order chi connectivity index (χ1) is 11.1. The van der Waals surface area contributed by atoms with Gasteiger partial charge in [-0.1, -0.05) is 68.1 Å². The molecule has 0 atom stereocenters. The summed E-state index contributed by atoms with van der Waals surface area (Å²) in [4.78, 5) is 4.44. The second-order valence-corrected chi connectivity index (χ2v) is 6.65. The van der Waals surface area contributed by atoms with Gasteiger partial charge in [0.05, 0.1) is 13.7 Å². The third-order valence-electron chi connectivity index (χ3n) is 3.63. The van der Waals surface area contributed by atoms with E-state index >= 15 is 0 Å². The number of amidine groups is 1. The molecule has 0 bridgehead atoms. The van der Waals surface area contributed by atoms with Crippen molar-refractivity contribution in [2.24, 2.45) is 10.7 Å². The van der Waals surface area contributed by atoms with Gasteiger partial charge in [0, 0.05) is 11.3 Å². The summed E-state index contributed by atoms with van der Waals surface area (Å²) in [7, 11) is 1.67. The molecule has 0 fully saturated rings. The van der Waals surface area contributed by atoms with Crippen LogP contribution in [0.25, 0.3) is 0 Å². The van der Waals surface area contributed by atoms with Gasteiger partial charge >= 0.3 is 0 Å². The van der Waals surface area contributed by atoms with Gasteiger partial charge in [-0.2, -0.15) is 0 Å². The van der Waals surface area contributed by atoms with Gasteiger partial charge in [-0.05, 0) is 23.1 Å². The number of ether oxygens (including phenoxy) is 1. The lowest BCUT2D eigenvalue weighted by atomic mass is 10.0. The van der Waals surface area contributed by atoms with Gasteiger partial charge < -0.3 is 10.5 Å². The zero-order chi connectivity index (χ0) is 16.7. The third-order valence-corrected chi connectivity index (χ3v) is 4.53. The largest absolute Gasteiger partial charge is 0.496 e. The number of aliphatic imine (C=N–C) groups is 1. The zero-order valence-corrected chi connectivity index (χ0v) is 14.8. The van der Waals surface area contributed by atoms with E-state index in [0.29, 0.717) is 17.6 Å². The molecule has 0 saturated carbocycles. The van der Waals surface area contributed by atoms with Gasteiger partial charge in [-0.15, -0.1) is 0 Å². The molecule has 2 aromatic rings. The summed E-state index contributed by atoms with van der Waals surface area (Å²) in [5.74, 6) is 2.24. The van der Waals surface area contributed by atoms with Crippen molar-refractivity contribution in [2.45, 2.75) is 32.1 Å². The monoisotopic (exact) mass is 328 g/mol. The average Bonchev–Trinajstić information content (AvgIpc) is 2.58. The Kier molecular flexibility index (Phi) is 6.53. The molecule has 3 nitrogen and oxygen atoms in total. The van der Waals surface area contributed by atoms with E-state index < -0.39 is 0 Å². The summed E-state index contributed by atoms with van der Waals surface area (Å²) in [6.45, 7) is 4.94. The van der Waals surface area contributed by atoms with E-state index in [1.165, 1.54) is 11.1 Å². The number of methoxy groups -OCH3 is 1. The molecular weight excluding hydrogens is 304 g/mol. The maximum absolute atomic E-state index is 6.01. The molecule has 0 spiro atoms. The molecule has 0 radical (unpaired) electrons. The fourth-order valence-electron chi connectivity index (χ4n) is 2.20. The Labute approximate surface area is 143 Å². The molecule has 0 saturated heterocycles. The molecule has 2 rings (SSSR count). The Morgan fingerprint density at radius 3 is 2.48 bits per heavy atom. The number of hydrogen-bond acceptors (Lipinski definition) is 3. The predicted molar refractivity (Wildman–Crippen MR) is 100 cm³/mol. The predicted octanol–water partition coefficient (Wildman–Crippen LogP) is 4.57. The smallest absolute Gasteiger partial charge is 0.154 e. The van der Waals surface area contributed by atoms with Crippen molar-refractivity contribution in [3.05, 3.63) is 65.2 Å². The normalized spacial score (nSPS) is 11.7. The van der Waals surface area contributed by atoms with Gasteiger partial charge in [-0.25, -0.2) is 0 Å². The average molecular weight is 328 g/mol. The van der Waals surface area contributed by atoms with Gasteiger partial charge in [0.15, 0.2) is 5.17 Å². The van der Waals surface area contributed by atoms with Crippen LogP contribution < -0.4 is 10.5 Å². The molecule has 0 heterocycles. The van der Waals surface area contributed by atoms with E-state index in [1.54, 1.807) is 18.9 Å². The Hall–Kier alpha value is -1.94. The van der Waals surface area contributed by atoms with E-state index in [4.69, 9.17) is 10.5 Å². The maximum atomic E-state index is 6.01. The fourth-order valence-corrected chi connectivity index (χ4v) is 2.86. The van der Waals surface area contributed by atoms with Crippen LogP contribution in [0.1, 0.15) is 36.5 Å². The molecule has 23 heavy (non-hydrogen) atoms. The summed E-state index contributed by atoms with van der Waals surface area (Å²) >= 11 is 1.56. The number of hydrogen-bond donors (Lipinski definition) is 1. The standard InChI is InChI=1S/C19H24N2OS/c1-14(2)16-10-8-15(9-11-16)13-23-19(20)21-12-17-6-4-5-7-18(17)22-3/h4-11,14H,12-13H2,1-3H3,(H2,20,21). The molecule has 0 amide bonds. The maximum Gasteiger partial charge on any atom is 0.154 e. The first-order valence-corrected chi connectivity index (χ1v) is 8.72. The molecule has 0 unspecified atom stereocenters. The lowest BCUT2D eigenvalue weighted by molar-refractivity contribution is 0.410. The topological polar surface area (TPSA) is 47.6 Å². The van der Waals surface area contributed by atoms with Gasteiger partial charge in [-0.3, -0.25) is 4.99 Å². The van der Waals surface area contributed by atoms with E-state index in [1.807, 2.05) is 24.3 Å². The number of thioether (sulfide) groups is 1. The highest BCUT2D eigenvalue weighted by Gasteiger charge is 2.03. The van der Waals surface area contributed by atoms with Crippen molar-refractivity contribution < 1.29 is 4.74 Å². The van der Waals surface area contributed by atoms with Gasteiger partial charge in [0.2, 0.25) is 0 Å². The fraction of sp³-hybridized carbons (Fsp3) is 0.316. The van der Waals surface area contributed by atoms with Crippen molar-refractivity contribution in [3.63, 3.8) is 0 Å². The molecule has 0 aliphatic rings. The lowest BCUT2D eigenvalue weighted by Gasteiger charge is -2.07. The Morgan fingerprint density at radius 1 is 1.13 bits per heavy atom. The number of nitrogens with two attached hydrogens (primary N) is 1. The highest BCUT2D eigenvalue weighted by atomic mass is 32.2. The molecule has 2 aromatic carbocycles. The van der Waals surface area contributed by atoms with Crippen molar-refractivity contribution in [3.8, 4) is 5.75 Å². The molecule has 0 aliphatic heterocycles. The van der Waals surface area contributed by atoms with E-state index in [0.717, 1.165) is 17.1 Å². The minimum atomic E-state index is 0.537. The molecule has 2 N–H and O–H groups in total. The van der Waals surface area contributed by atoms with E-state index in [2.05, 4.69) is 43.1 Å². The molecule has 0 aromatic heterocycles. The van der Waals surface area contributed by atoms with Crippen molar-refractivity contribution >= 4 is 16.9 Å². The van der Waals surface area contributed by atoms with Crippen LogP contribution in [0.3, 0.4) is 0 Å². The van der Waals surface area contributed by atoms with Crippen LogP contribution in [-0.2, 0) is 12.3 Å². The van der Waals surface area contributed by atoms with Gasteiger partial charge in [0.1, 0.15) is 5.75 Å². The van der Waals surface area contributed by atoms with Crippen LogP contribution in [0, 0.1) is 0 Å². The Bertz CT molecular complexity index is 651. The quantitative estimate of drug-likeness (QED) is 0.624. The SMILES string of the molecule is COc1ccccc1CN=C(N)SCc1ccc(C(C)C)cc1. The number of rotatable bonds is 6. The molecule has 122 valence electrons. The van der Waals surface area contributed by atoms with Crippen molar-refractivity contribution in [1.29, 1.82) is 0 Å². The first-order valence-electron chi connectivity index (χ1n) is 7.73. The van der Waals surface area contributed by atoms with Gasteiger partial charge in [0.25, 0.3) is 0 Å². The number of nitrogens with zero attached hydrogens (tertiary/aromatic N) is 1. The summed E-state index contributed by atoms with van der Waals surface area (Å²) < 4.78 is 5.32. The highest BCUT2D eigenvalue weighted by Crippen LogP contribution is 2.20. The Balaban J connectivity index is 1.90. The molecule has 0 aliphatic carbocycles. The molecule has 4 heteroatoms. The van der Waals surface area contributed by atoms with Crippen LogP contribution in [-0.4, -0.2) is 12.3 Å². The highest BCUT2D eigenvalue weighted by molar-refractivity contribution is 8.13. The van der Waals surface area contributed by atoms with Crippen molar-refractivity contribution in [2.75, 3.05) is 7.11 Å². The second-order valence-electron chi connectivity index (χ2n) is 5.65. The lowest BCUT2D eigenvalue weighted by Crippen LogP contribution is -2.07. The van der Waals surface area contributed by atoms with Crippen LogP contribution in [0.15, 0.2) is 53.5 Å². The van der Waals surface area contributed by atoms with Crippen molar-refractivity contribution in [1.82, 2.24) is 0 Å². The minimum absolute atomic E-state index is 0.537. The third kappa shape index (κ3) is 5.32. The van der Waals surface area contributed by atoms with E-state index in [9.17, 15) is 0 Å². The van der Waals surface area contributed by atoms with Crippen LogP contribution in [0.2, 0.25) is 0 Å². The van der Waals surface area contributed by atoms with E-state index in [-0.39, 0.29) is 0 Å². The summed E-state index contributed by atoms with van der Waals surface area (Å²) in [6, 6.07) is 16.6. The van der Waals surface area contributed by atoms with Crippen LogP contribution >= 0.6 is 11.8 Å². The summed E-state index contributed by atoms with van der Waals surface area (Å²) in [5.41, 5.74) is 9.67. The van der Waals surface area contributed by atoms with Crippen LogP contribution in [0.4, 0.5) is 0 Å². The summed E-state index contributed by atoms with van der Waals surface area (Å²) in [5, 5.41) is 0.601. The minimum Gasteiger partial charge on any atom is -0.496 e. The number of para-hydroxylation sites is 1. The number of benzene rings is 2. The molecular formula is C19H24N2OS. The zero-order valence-electron chi connectivity index (χ0n) is 14.0. The summed E-state index contributed by atoms with van der Waals surface area (Å²) in [6.07, 6.45) is 0.